The minimum absolute atomic E-state index is 0.00162. The molecule has 0 aliphatic heterocycles. The maximum absolute atomic E-state index is 13.5. The van der Waals surface area contributed by atoms with Gasteiger partial charge < -0.3 is 9.13 Å². The number of ketones is 2. The Hall–Kier alpha value is -5.74. The lowest BCUT2D eigenvalue weighted by molar-refractivity contribution is 0.103. The molecule has 0 N–H and O–H groups in total. The lowest BCUT2D eigenvalue weighted by atomic mass is 9.96. The number of carbonyl (C=O) groups excluding carboxylic acids is 2. The number of carbonyl (C=O) groups is 2. The summed E-state index contributed by atoms with van der Waals surface area (Å²) in [5, 5.41) is 4.52. The van der Waals surface area contributed by atoms with Gasteiger partial charge in [-0.2, -0.15) is 0 Å². The molecule has 0 aliphatic rings. The fourth-order valence-corrected chi connectivity index (χ4v) is 7.03. The van der Waals surface area contributed by atoms with Gasteiger partial charge in [-0.25, -0.2) is 0 Å². The third kappa shape index (κ3) is 4.37. The summed E-state index contributed by atoms with van der Waals surface area (Å²) in [6, 6.07) is 44.2. The molecular weight excluding hydrogens is 564 g/mol. The second-order valence-corrected chi connectivity index (χ2v) is 11.8. The van der Waals surface area contributed by atoms with Crippen LogP contribution < -0.4 is 0 Å². The average Bonchev–Trinajstić information content (AvgIpc) is 3.62. The molecule has 4 nitrogen and oxygen atoms in total. The molecule has 0 bridgehead atoms. The molecule has 0 fully saturated rings. The first-order chi connectivity index (χ1) is 22.6. The van der Waals surface area contributed by atoms with E-state index in [0.29, 0.717) is 22.3 Å². The van der Waals surface area contributed by atoms with E-state index in [1.807, 2.05) is 84.9 Å². The van der Waals surface area contributed by atoms with Crippen LogP contribution in [0.3, 0.4) is 0 Å². The highest BCUT2D eigenvalue weighted by molar-refractivity contribution is 6.16. The van der Waals surface area contributed by atoms with E-state index in [9.17, 15) is 9.59 Å². The van der Waals surface area contributed by atoms with E-state index >= 15 is 0 Å². The fraction of sp³-hybridized carbons (Fsp3) is 0.0952. The van der Waals surface area contributed by atoms with Crippen molar-refractivity contribution in [1.29, 1.82) is 0 Å². The molecule has 0 saturated heterocycles. The Morgan fingerprint density at radius 3 is 1.15 bits per heavy atom. The number of para-hydroxylation sites is 2. The van der Waals surface area contributed by atoms with Gasteiger partial charge in [0.2, 0.25) is 0 Å². The average molecular weight is 597 g/mol. The number of nitrogens with zero attached hydrogens (tertiary/aromatic N) is 2. The zero-order valence-corrected chi connectivity index (χ0v) is 25.8. The number of hydrogen-bond donors (Lipinski definition) is 0. The standard InChI is InChI=1S/C42H32N2O2/c1-3-43-37-11-7-5-9-33(37)35-25-31(21-23-39(35)43)41(45)29-17-13-27(14-18-29)28-15-19-30(20-16-28)42(46)32-22-24-40-36(26-32)34-10-6-8-12-38(34)44(40)4-2/h5-26H,3-4H2,1-2H3. The Labute approximate surface area is 267 Å². The molecule has 0 saturated carbocycles. The van der Waals surface area contributed by atoms with Gasteiger partial charge in [-0.15, -0.1) is 0 Å². The van der Waals surface area contributed by atoms with Crippen LogP contribution in [-0.4, -0.2) is 20.7 Å². The molecule has 4 heteroatoms. The van der Waals surface area contributed by atoms with Crippen LogP contribution in [0, 0.1) is 0 Å². The van der Waals surface area contributed by atoms with Crippen LogP contribution in [0.4, 0.5) is 0 Å². The van der Waals surface area contributed by atoms with Crippen LogP contribution in [-0.2, 0) is 13.1 Å². The van der Waals surface area contributed by atoms with Crippen LogP contribution in [0.15, 0.2) is 133 Å². The van der Waals surface area contributed by atoms with E-state index in [2.05, 4.69) is 71.5 Å². The SMILES string of the molecule is CCn1c2ccccc2c2cc(C(=O)c3ccc(-c4ccc(C(=O)c5ccc6c(c5)c5ccccc5n6CC)cc4)cc3)ccc21. The summed E-state index contributed by atoms with van der Waals surface area (Å²) in [4.78, 5) is 27.1. The zero-order chi connectivity index (χ0) is 31.4. The fourth-order valence-electron chi connectivity index (χ4n) is 7.03. The summed E-state index contributed by atoms with van der Waals surface area (Å²) in [7, 11) is 0. The molecule has 0 aliphatic carbocycles. The first-order valence-corrected chi connectivity index (χ1v) is 15.9. The highest BCUT2D eigenvalue weighted by atomic mass is 16.1. The smallest absolute Gasteiger partial charge is 0.193 e. The summed E-state index contributed by atoms with van der Waals surface area (Å²) in [5.41, 5.74) is 9.29. The maximum atomic E-state index is 13.5. The first kappa shape index (κ1) is 27.8. The van der Waals surface area contributed by atoms with Crippen LogP contribution in [0.5, 0.6) is 0 Å². The largest absolute Gasteiger partial charge is 0.341 e. The lowest BCUT2D eigenvalue weighted by Crippen LogP contribution is -2.02. The lowest BCUT2D eigenvalue weighted by Gasteiger charge is -2.07. The molecular formula is C42H32N2O2. The third-order valence-corrected chi connectivity index (χ3v) is 9.33. The van der Waals surface area contributed by atoms with Crippen LogP contribution in [0.25, 0.3) is 54.7 Å². The molecule has 0 atom stereocenters. The van der Waals surface area contributed by atoms with Gasteiger partial charge in [-0.3, -0.25) is 9.59 Å². The van der Waals surface area contributed by atoms with Gasteiger partial charge in [0.05, 0.1) is 0 Å². The van der Waals surface area contributed by atoms with E-state index in [0.717, 1.165) is 56.8 Å². The molecule has 0 spiro atoms. The molecule has 0 amide bonds. The Kier molecular flexibility index (Phi) is 6.65. The number of aromatic nitrogens is 2. The molecule has 8 rings (SSSR count). The van der Waals surface area contributed by atoms with Crippen molar-refractivity contribution in [2.24, 2.45) is 0 Å². The van der Waals surface area contributed by atoms with E-state index in [-0.39, 0.29) is 11.6 Å². The number of rotatable bonds is 7. The predicted octanol–water partition coefficient (Wildman–Crippen LogP) is 10.1. The van der Waals surface area contributed by atoms with Crippen molar-refractivity contribution < 1.29 is 9.59 Å². The molecule has 2 aromatic heterocycles. The van der Waals surface area contributed by atoms with Gasteiger partial charge in [0.15, 0.2) is 11.6 Å². The predicted molar refractivity (Wildman–Crippen MR) is 189 cm³/mol. The van der Waals surface area contributed by atoms with Gasteiger partial charge in [0.1, 0.15) is 0 Å². The number of hydrogen-bond acceptors (Lipinski definition) is 2. The maximum Gasteiger partial charge on any atom is 0.193 e. The summed E-state index contributed by atoms with van der Waals surface area (Å²) in [5.74, 6) is 0.00324. The van der Waals surface area contributed by atoms with Gasteiger partial charge in [0, 0.05) is 79.0 Å². The van der Waals surface area contributed by atoms with E-state index in [1.54, 1.807) is 0 Å². The molecule has 6 aromatic carbocycles. The van der Waals surface area contributed by atoms with Crippen molar-refractivity contribution in [1.82, 2.24) is 9.13 Å². The van der Waals surface area contributed by atoms with Crippen molar-refractivity contribution in [3.63, 3.8) is 0 Å². The summed E-state index contributed by atoms with van der Waals surface area (Å²) in [6.45, 7) is 6.03. The van der Waals surface area contributed by atoms with Gasteiger partial charge >= 0.3 is 0 Å². The second kappa shape index (κ2) is 11.0. The topological polar surface area (TPSA) is 44.0 Å². The Balaban J connectivity index is 1.04. The number of aryl methyl sites for hydroxylation is 2. The van der Waals surface area contributed by atoms with E-state index < -0.39 is 0 Å². The van der Waals surface area contributed by atoms with Crippen LogP contribution in [0.1, 0.15) is 45.7 Å². The molecule has 2 heterocycles. The minimum Gasteiger partial charge on any atom is -0.341 e. The van der Waals surface area contributed by atoms with Crippen molar-refractivity contribution in [2.45, 2.75) is 26.9 Å². The Morgan fingerprint density at radius 2 is 0.761 bits per heavy atom. The number of fused-ring (bicyclic) bond motifs is 6. The molecule has 8 aromatic rings. The quantitative estimate of drug-likeness (QED) is 0.172. The second-order valence-electron chi connectivity index (χ2n) is 11.8. The Morgan fingerprint density at radius 1 is 0.413 bits per heavy atom. The first-order valence-electron chi connectivity index (χ1n) is 15.9. The highest BCUT2D eigenvalue weighted by Gasteiger charge is 2.16. The van der Waals surface area contributed by atoms with Crippen molar-refractivity contribution >= 4 is 55.2 Å². The van der Waals surface area contributed by atoms with Crippen molar-refractivity contribution in [2.75, 3.05) is 0 Å². The summed E-state index contributed by atoms with van der Waals surface area (Å²) < 4.78 is 4.58. The molecule has 222 valence electrons. The summed E-state index contributed by atoms with van der Waals surface area (Å²) in [6.07, 6.45) is 0. The van der Waals surface area contributed by atoms with Crippen LogP contribution in [0.2, 0.25) is 0 Å². The van der Waals surface area contributed by atoms with Crippen molar-refractivity contribution in [3.8, 4) is 11.1 Å². The summed E-state index contributed by atoms with van der Waals surface area (Å²) >= 11 is 0. The van der Waals surface area contributed by atoms with Crippen molar-refractivity contribution in [3.05, 3.63) is 156 Å². The van der Waals surface area contributed by atoms with Crippen LogP contribution >= 0.6 is 0 Å². The van der Waals surface area contributed by atoms with E-state index in [1.165, 1.54) is 11.0 Å². The molecule has 46 heavy (non-hydrogen) atoms. The monoisotopic (exact) mass is 596 g/mol. The highest BCUT2D eigenvalue weighted by Crippen LogP contribution is 2.32. The van der Waals surface area contributed by atoms with Gasteiger partial charge in [-0.05, 0) is 73.5 Å². The normalized spacial score (nSPS) is 11.6. The molecule has 0 radical (unpaired) electrons. The third-order valence-electron chi connectivity index (χ3n) is 9.33. The van der Waals surface area contributed by atoms with Gasteiger partial charge in [-0.1, -0.05) is 84.9 Å². The minimum atomic E-state index is 0.00162. The van der Waals surface area contributed by atoms with Gasteiger partial charge in [0.25, 0.3) is 0 Å². The zero-order valence-electron chi connectivity index (χ0n) is 25.8. The number of benzene rings is 6. The molecule has 0 unspecified atom stereocenters. The Bertz CT molecular complexity index is 2280. The van der Waals surface area contributed by atoms with E-state index in [4.69, 9.17) is 0 Å².